The maximum Gasteiger partial charge on any atom is 0.461 e. The molecule has 0 spiro atoms. The Morgan fingerprint density at radius 2 is 1.59 bits per heavy atom. The molecular formula is C8H10Cl2F4N2O. The van der Waals surface area contributed by atoms with Crippen LogP contribution < -0.4 is 16.2 Å². The van der Waals surface area contributed by atoms with Gasteiger partial charge in [0, 0.05) is 6.07 Å². The van der Waals surface area contributed by atoms with Crippen molar-refractivity contribution < 1.29 is 22.3 Å². The van der Waals surface area contributed by atoms with E-state index in [-0.39, 0.29) is 36.2 Å². The number of nitrogens with two attached hydrogens (primary N) is 2. The lowest BCUT2D eigenvalue weighted by Crippen LogP contribution is -2.33. The fourth-order valence-electron chi connectivity index (χ4n) is 0.818. The van der Waals surface area contributed by atoms with E-state index in [0.29, 0.717) is 0 Å². The predicted octanol–water partition coefficient (Wildman–Crippen LogP) is 2.93. The van der Waals surface area contributed by atoms with E-state index >= 15 is 0 Å². The van der Waals surface area contributed by atoms with E-state index in [2.05, 4.69) is 4.74 Å². The predicted molar refractivity (Wildman–Crippen MR) is 61.3 cm³/mol. The van der Waals surface area contributed by atoms with Crippen molar-refractivity contribution in [2.24, 2.45) is 0 Å². The molecule has 0 aliphatic heterocycles. The molecule has 0 saturated carbocycles. The molecule has 0 saturated heterocycles. The maximum absolute atomic E-state index is 12.4. The molecule has 17 heavy (non-hydrogen) atoms. The fourth-order valence-corrected chi connectivity index (χ4v) is 0.818. The van der Waals surface area contributed by atoms with Gasteiger partial charge < -0.3 is 16.2 Å². The van der Waals surface area contributed by atoms with E-state index in [1.807, 2.05) is 0 Å². The Morgan fingerprint density at radius 3 is 2.00 bits per heavy atom. The lowest BCUT2D eigenvalue weighted by atomic mass is 10.2. The molecule has 0 aliphatic rings. The average molecular weight is 297 g/mol. The van der Waals surface area contributed by atoms with E-state index in [0.717, 1.165) is 12.1 Å². The molecule has 1 aromatic rings. The van der Waals surface area contributed by atoms with Crippen molar-refractivity contribution in [1.29, 1.82) is 0 Å². The van der Waals surface area contributed by atoms with Crippen LogP contribution >= 0.6 is 24.8 Å². The minimum absolute atomic E-state index is 0. The second-order valence-electron chi connectivity index (χ2n) is 2.76. The van der Waals surface area contributed by atoms with E-state index in [9.17, 15) is 17.6 Å². The number of halogens is 6. The molecule has 0 amide bonds. The number of alkyl halides is 4. The second-order valence-corrected chi connectivity index (χ2v) is 2.76. The molecule has 1 aromatic carbocycles. The third-order valence-electron chi connectivity index (χ3n) is 1.57. The number of hydrogen-bond donors (Lipinski definition) is 2. The summed E-state index contributed by atoms with van der Waals surface area (Å²) in [5, 5.41) is 0. The Bertz CT molecular complexity index is 365. The molecule has 0 aromatic heterocycles. The Balaban J connectivity index is 0. The van der Waals surface area contributed by atoms with Gasteiger partial charge in [0.2, 0.25) is 0 Å². The number of hydrogen-bond acceptors (Lipinski definition) is 3. The monoisotopic (exact) mass is 296 g/mol. The normalized spacial score (nSPS) is 10.4. The van der Waals surface area contributed by atoms with Crippen LogP contribution in [0.2, 0.25) is 0 Å². The molecule has 4 N–H and O–H groups in total. The lowest BCUT2D eigenvalue weighted by molar-refractivity contribution is -0.253. The van der Waals surface area contributed by atoms with Gasteiger partial charge >= 0.3 is 12.5 Å². The molecule has 3 nitrogen and oxygen atoms in total. The highest BCUT2D eigenvalue weighted by Gasteiger charge is 2.43. The molecule has 0 unspecified atom stereocenters. The molecular weight excluding hydrogens is 287 g/mol. The SMILES string of the molecule is Cl.Cl.Nc1ccc(OC(F)(F)C(F)F)cc1N. The molecule has 0 radical (unpaired) electrons. The zero-order valence-electron chi connectivity index (χ0n) is 8.20. The number of ether oxygens (including phenoxy) is 1. The highest BCUT2D eigenvalue weighted by Crippen LogP contribution is 2.29. The van der Waals surface area contributed by atoms with E-state index in [1.165, 1.54) is 6.07 Å². The summed E-state index contributed by atoms with van der Waals surface area (Å²) in [5.74, 6) is -0.466. The molecule has 100 valence electrons. The zero-order chi connectivity index (χ0) is 11.6. The first-order chi connectivity index (χ1) is 6.83. The first kappa shape index (κ1) is 18.3. The summed E-state index contributed by atoms with van der Waals surface area (Å²) >= 11 is 0. The largest absolute Gasteiger partial charge is 0.461 e. The summed E-state index contributed by atoms with van der Waals surface area (Å²) in [6.45, 7) is 0. The van der Waals surface area contributed by atoms with Gasteiger partial charge in [-0.2, -0.15) is 17.6 Å². The zero-order valence-corrected chi connectivity index (χ0v) is 9.83. The van der Waals surface area contributed by atoms with Gasteiger partial charge in [-0.25, -0.2) is 0 Å². The minimum Gasteiger partial charge on any atom is -0.428 e. The summed E-state index contributed by atoms with van der Waals surface area (Å²) in [6.07, 6.45) is -8.45. The van der Waals surface area contributed by atoms with E-state index < -0.39 is 18.3 Å². The number of anilines is 2. The van der Waals surface area contributed by atoms with Crippen LogP contribution in [0.1, 0.15) is 0 Å². The van der Waals surface area contributed by atoms with Crippen LogP contribution in [-0.4, -0.2) is 12.5 Å². The van der Waals surface area contributed by atoms with Gasteiger partial charge in [0.05, 0.1) is 11.4 Å². The number of nitrogen functional groups attached to an aromatic ring is 2. The maximum atomic E-state index is 12.4. The first-order valence-corrected chi connectivity index (χ1v) is 3.83. The fraction of sp³-hybridized carbons (Fsp3) is 0.250. The highest BCUT2D eigenvalue weighted by atomic mass is 35.5. The third kappa shape index (κ3) is 4.74. The number of rotatable bonds is 3. The molecule has 9 heteroatoms. The van der Waals surface area contributed by atoms with Crippen LogP contribution in [0.4, 0.5) is 28.9 Å². The van der Waals surface area contributed by atoms with Gasteiger partial charge in [-0.1, -0.05) is 0 Å². The van der Waals surface area contributed by atoms with Crippen molar-refractivity contribution in [1.82, 2.24) is 0 Å². The second kappa shape index (κ2) is 6.61. The topological polar surface area (TPSA) is 61.3 Å². The van der Waals surface area contributed by atoms with Crippen molar-refractivity contribution in [2.45, 2.75) is 12.5 Å². The van der Waals surface area contributed by atoms with Crippen LogP contribution in [-0.2, 0) is 0 Å². The van der Waals surface area contributed by atoms with Crippen LogP contribution in [0, 0.1) is 0 Å². The average Bonchev–Trinajstić information content (AvgIpc) is 2.10. The van der Waals surface area contributed by atoms with Crippen LogP contribution in [0.3, 0.4) is 0 Å². The molecule has 0 heterocycles. The smallest absolute Gasteiger partial charge is 0.428 e. The van der Waals surface area contributed by atoms with Crippen molar-refractivity contribution >= 4 is 36.2 Å². The molecule has 1 rings (SSSR count). The van der Waals surface area contributed by atoms with Crippen molar-refractivity contribution in [3.63, 3.8) is 0 Å². The molecule has 0 atom stereocenters. The van der Waals surface area contributed by atoms with Gasteiger partial charge in [0.25, 0.3) is 0 Å². The highest BCUT2D eigenvalue weighted by molar-refractivity contribution is 5.85. The quantitative estimate of drug-likeness (QED) is 0.666. The lowest BCUT2D eigenvalue weighted by Gasteiger charge is -2.17. The Hall–Kier alpha value is -1.08. The summed E-state index contributed by atoms with van der Waals surface area (Å²) in [5.41, 5.74) is 10.7. The summed E-state index contributed by atoms with van der Waals surface area (Å²) < 4.78 is 52.1. The Morgan fingerprint density at radius 1 is 1.06 bits per heavy atom. The Kier molecular flexibility index (Phi) is 7.11. The van der Waals surface area contributed by atoms with E-state index in [1.54, 1.807) is 0 Å². The van der Waals surface area contributed by atoms with Gasteiger partial charge in [0.15, 0.2) is 0 Å². The standard InChI is InChI=1S/C8H8F4N2O.2ClH/c9-7(10)8(11,12)15-4-1-2-5(13)6(14)3-4;;/h1-3,7H,13-14H2;2*1H. The molecule has 0 aliphatic carbocycles. The van der Waals surface area contributed by atoms with Crippen LogP contribution in [0.25, 0.3) is 0 Å². The molecule has 0 bridgehead atoms. The van der Waals surface area contributed by atoms with Gasteiger partial charge in [-0.3, -0.25) is 0 Å². The number of benzene rings is 1. The van der Waals surface area contributed by atoms with Crippen molar-refractivity contribution in [2.75, 3.05) is 11.5 Å². The van der Waals surface area contributed by atoms with Gasteiger partial charge in [-0.05, 0) is 12.1 Å². The Labute approximate surface area is 107 Å². The van der Waals surface area contributed by atoms with Crippen molar-refractivity contribution in [3.8, 4) is 5.75 Å². The van der Waals surface area contributed by atoms with Gasteiger partial charge in [-0.15, -0.1) is 24.8 Å². The van der Waals surface area contributed by atoms with Gasteiger partial charge in [0.1, 0.15) is 5.75 Å². The summed E-state index contributed by atoms with van der Waals surface area (Å²) in [6, 6.07) is 3.17. The summed E-state index contributed by atoms with van der Waals surface area (Å²) in [7, 11) is 0. The van der Waals surface area contributed by atoms with Crippen LogP contribution in [0.15, 0.2) is 18.2 Å². The van der Waals surface area contributed by atoms with Crippen LogP contribution in [0.5, 0.6) is 5.75 Å². The van der Waals surface area contributed by atoms with Crippen molar-refractivity contribution in [3.05, 3.63) is 18.2 Å². The molecule has 0 fully saturated rings. The third-order valence-corrected chi connectivity index (χ3v) is 1.57. The minimum atomic E-state index is -4.54. The first-order valence-electron chi connectivity index (χ1n) is 3.83. The van der Waals surface area contributed by atoms with E-state index in [4.69, 9.17) is 11.5 Å². The summed E-state index contributed by atoms with van der Waals surface area (Å²) in [4.78, 5) is 0.